The van der Waals surface area contributed by atoms with Gasteiger partial charge in [0.25, 0.3) is 10.2 Å². The van der Waals surface area contributed by atoms with E-state index < -0.39 is 10.2 Å². The fourth-order valence-electron chi connectivity index (χ4n) is 4.21. The van der Waals surface area contributed by atoms with Gasteiger partial charge in [-0.3, -0.25) is 4.98 Å². The Labute approximate surface area is 172 Å². The first kappa shape index (κ1) is 21.6. The molecule has 1 aromatic carbocycles. The highest BCUT2D eigenvalue weighted by atomic mass is 32.2. The van der Waals surface area contributed by atoms with Crippen molar-refractivity contribution >= 4 is 26.8 Å². The van der Waals surface area contributed by atoms with Crippen LogP contribution in [-0.2, 0) is 10.2 Å². The van der Waals surface area contributed by atoms with E-state index in [1.165, 1.54) is 0 Å². The first-order valence-corrected chi connectivity index (χ1v) is 11.4. The molecule has 1 saturated heterocycles. The molecule has 0 aliphatic carbocycles. The number of pyridine rings is 1. The summed E-state index contributed by atoms with van der Waals surface area (Å²) in [5, 5.41) is 6.12. The lowest BCUT2D eigenvalue weighted by Crippen LogP contribution is -2.41. The standard InChI is InChI=1S/C20H30N4O4S/c1-4-14(13-23-29(21,25)26)15-6-9-24(10-7-15)18-5-8-22-17-12-20(28-3)19(27-2)11-16(17)18/h5,8,11-12,14-15,23H,4,6-7,9-10,13H2,1-3H3,(H2,21,25,26). The van der Waals surface area contributed by atoms with Crippen LogP contribution in [0.25, 0.3) is 10.9 Å². The van der Waals surface area contributed by atoms with Gasteiger partial charge in [-0.25, -0.2) is 9.86 Å². The Kier molecular flexibility index (Phi) is 6.81. The van der Waals surface area contributed by atoms with Crippen LogP contribution >= 0.6 is 0 Å². The average molecular weight is 423 g/mol. The number of hydrogen-bond acceptors (Lipinski definition) is 6. The van der Waals surface area contributed by atoms with Crippen molar-refractivity contribution in [2.24, 2.45) is 17.0 Å². The van der Waals surface area contributed by atoms with Crippen molar-refractivity contribution in [1.82, 2.24) is 9.71 Å². The predicted octanol–water partition coefficient (Wildman–Crippen LogP) is 2.29. The number of anilines is 1. The van der Waals surface area contributed by atoms with Crippen LogP contribution in [0, 0.1) is 11.8 Å². The summed E-state index contributed by atoms with van der Waals surface area (Å²) in [5.41, 5.74) is 2.00. The number of aromatic nitrogens is 1. The summed E-state index contributed by atoms with van der Waals surface area (Å²) >= 11 is 0. The lowest BCUT2D eigenvalue weighted by molar-refractivity contribution is 0.268. The molecule has 0 bridgehead atoms. The van der Waals surface area contributed by atoms with Gasteiger partial charge in [-0.15, -0.1) is 0 Å². The van der Waals surface area contributed by atoms with E-state index in [-0.39, 0.29) is 5.92 Å². The second-order valence-electron chi connectivity index (χ2n) is 7.44. The Morgan fingerprint density at radius 2 is 1.90 bits per heavy atom. The molecule has 0 amide bonds. The summed E-state index contributed by atoms with van der Waals surface area (Å²) in [5.74, 6) is 2.10. The summed E-state index contributed by atoms with van der Waals surface area (Å²) in [7, 11) is -0.399. The zero-order chi connectivity index (χ0) is 21.0. The van der Waals surface area contributed by atoms with Gasteiger partial charge in [0.05, 0.1) is 19.7 Å². The van der Waals surface area contributed by atoms with Crippen LogP contribution in [0.2, 0.25) is 0 Å². The zero-order valence-corrected chi connectivity index (χ0v) is 18.0. The van der Waals surface area contributed by atoms with Crippen molar-refractivity contribution in [2.45, 2.75) is 26.2 Å². The van der Waals surface area contributed by atoms with E-state index in [0.717, 1.165) is 48.9 Å². The molecule has 160 valence electrons. The maximum atomic E-state index is 11.2. The number of rotatable bonds is 8. The molecule has 0 radical (unpaired) electrons. The Hall–Kier alpha value is -2.10. The zero-order valence-electron chi connectivity index (χ0n) is 17.2. The maximum absolute atomic E-state index is 11.2. The number of benzene rings is 1. The molecular weight excluding hydrogens is 392 g/mol. The van der Waals surface area contributed by atoms with Gasteiger partial charge in [-0.05, 0) is 36.8 Å². The van der Waals surface area contributed by atoms with Gasteiger partial charge in [-0.2, -0.15) is 8.42 Å². The fraction of sp³-hybridized carbons (Fsp3) is 0.550. The molecule has 1 fully saturated rings. The number of ether oxygens (including phenoxy) is 2. The molecule has 1 atom stereocenters. The first-order chi connectivity index (χ1) is 13.9. The first-order valence-electron chi connectivity index (χ1n) is 9.89. The highest BCUT2D eigenvalue weighted by Gasteiger charge is 2.27. The number of hydrogen-bond donors (Lipinski definition) is 2. The number of methoxy groups -OCH3 is 2. The second kappa shape index (κ2) is 9.15. The third kappa shape index (κ3) is 5.09. The molecule has 0 saturated carbocycles. The summed E-state index contributed by atoms with van der Waals surface area (Å²) in [6, 6.07) is 5.92. The Bertz CT molecular complexity index is 943. The van der Waals surface area contributed by atoms with Crippen LogP contribution < -0.4 is 24.2 Å². The number of nitrogens with zero attached hydrogens (tertiary/aromatic N) is 2. The van der Waals surface area contributed by atoms with Crippen LogP contribution in [-0.4, -0.2) is 47.3 Å². The van der Waals surface area contributed by atoms with Crippen LogP contribution in [0.1, 0.15) is 26.2 Å². The molecule has 1 aliphatic rings. The quantitative estimate of drug-likeness (QED) is 0.676. The highest BCUT2D eigenvalue weighted by molar-refractivity contribution is 7.87. The van der Waals surface area contributed by atoms with Crippen LogP contribution in [0.15, 0.2) is 24.4 Å². The molecule has 2 aromatic rings. The number of nitrogens with two attached hydrogens (primary N) is 1. The Morgan fingerprint density at radius 3 is 2.48 bits per heavy atom. The molecular formula is C20H30N4O4S. The van der Waals surface area contributed by atoms with Crippen LogP contribution in [0.3, 0.4) is 0 Å². The topological polar surface area (TPSA) is 107 Å². The summed E-state index contributed by atoms with van der Waals surface area (Å²) in [4.78, 5) is 6.85. The van der Waals surface area contributed by atoms with E-state index in [1.807, 2.05) is 24.4 Å². The minimum absolute atomic E-state index is 0.286. The number of nitrogens with one attached hydrogen (secondary N) is 1. The van der Waals surface area contributed by atoms with Gasteiger partial charge in [0.2, 0.25) is 0 Å². The third-order valence-corrected chi connectivity index (χ3v) is 6.41. The molecule has 8 nitrogen and oxygen atoms in total. The van der Waals surface area contributed by atoms with E-state index >= 15 is 0 Å². The minimum Gasteiger partial charge on any atom is -0.493 e. The van der Waals surface area contributed by atoms with Gasteiger partial charge in [0.15, 0.2) is 11.5 Å². The van der Waals surface area contributed by atoms with E-state index in [0.29, 0.717) is 24.0 Å². The minimum atomic E-state index is -3.65. The van der Waals surface area contributed by atoms with Crippen molar-refractivity contribution in [1.29, 1.82) is 0 Å². The SMILES string of the molecule is CCC(CNS(N)(=O)=O)C1CCN(c2ccnc3cc(OC)c(OC)cc23)CC1. The van der Waals surface area contributed by atoms with E-state index in [9.17, 15) is 8.42 Å². The van der Waals surface area contributed by atoms with E-state index in [2.05, 4.69) is 21.5 Å². The van der Waals surface area contributed by atoms with E-state index in [1.54, 1.807) is 14.2 Å². The molecule has 29 heavy (non-hydrogen) atoms. The van der Waals surface area contributed by atoms with Gasteiger partial charge in [0, 0.05) is 43.0 Å². The third-order valence-electron chi connectivity index (χ3n) is 5.84. The molecule has 9 heteroatoms. The molecule has 3 N–H and O–H groups in total. The number of fused-ring (bicyclic) bond motifs is 1. The van der Waals surface area contributed by atoms with Crippen molar-refractivity contribution < 1.29 is 17.9 Å². The van der Waals surface area contributed by atoms with Gasteiger partial charge >= 0.3 is 0 Å². The largest absolute Gasteiger partial charge is 0.493 e. The smallest absolute Gasteiger partial charge is 0.274 e. The molecule has 0 spiro atoms. The maximum Gasteiger partial charge on any atom is 0.274 e. The van der Waals surface area contributed by atoms with Gasteiger partial charge in [0.1, 0.15) is 0 Å². The van der Waals surface area contributed by atoms with Crippen molar-refractivity contribution in [3.63, 3.8) is 0 Å². The monoisotopic (exact) mass is 422 g/mol. The van der Waals surface area contributed by atoms with Crippen molar-refractivity contribution in [3.05, 3.63) is 24.4 Å². The molecule has 1 unspecified atom stereocenters. The summed E-state index contributed by atoms with van der Waals surface area (Å²) in [6.45, 7) is 4.31. The molecule has 1 aliphatic heterocycles. The predicted molar refractivity (Wildman–Crippen MR) is 115 cm³/mol. The Morgan fingerprint density at radius 1 is 1.24 bits per heavy atom. The average Bonchev–Trinajstić information content (AvgIpc) is 2.72. The highest BCUT2D eigenvalue weighted by Crippen LogP contribution is 2.37. The number of piperidine rings is 1. The van der Waals surface area contributed by atoms with Crippen LogP contribution in [0.5, 0.6) is 11.5 Å². The van der Waals surface area contributed by atoms with Crippen LogP contribution in [0.4, 0.5) is 5.69 Å². The second-order valence-corrected chi connectivity index (χ2v) is 8.82. The van der Waals surface area contributed by atoms with Gasteiger partial charge in [-0.1, -0.05) is 13.3 Å². The fourth-order valence-corrected chi connectivity index (χ4v) is 4.66. The summed E-state index contributed by atoms with van der Waals surface area (Å²) < 4.78 is 35.8. The lowest BCUT2D eigenvalue weighted by Gasteiger charge is -2.37. The van der Waals surface area contributed by atoms with E-state index in [4.69, 9.17) is 14.6 Å². The van der Waals surface area contributed by atoms with Crippen molar-refractivity contribution in [3.8, 4) is 11.5 Å². The molecule has 1 aromatic heterocycles. The van der Waals surface area contributed by atoms with Gasteiger partial charge < -0.3 is 14.4 Å². The summed E-state index contributed by atoms with van der Waals surface area (Å²) in [6.07, 6.45) is 4.74. The molecule has 3 rings (SSSR count). The van der Waals surface area contributed by atoms with Crippen molar-refractivity contribution in [2.75, 3.05) is 38.8 Å². The normalized spacial score (nSPS) is 16.8. The molecule has 2 heterocycles. The Balaban J connectivity index is 1.76. The lowest BCUT2D eigenvalue weighted by atomic mass is 9.82.